The lowest BCUT2D eigenvalue weighted by molar-refractivity contribution is 0.670. The number of aromatic nitrogens is 3. The normalized spacial score (nSPS) is 11.6. The van der Waals surface area contributed by atoms with Crippen molar-refractivity contribution in [1.82, 2.24) is 14.5 Å². The number of rotatable bonds is 6. The van der Waals surface area contributed by atoms with Gasteiger partial charge in [-0.3, -0.25) is 0 Å². The summed E-state index contributed by atoms with van der Waals surface area (Å²) < 4.78 is 8.92. The molecule has 0 radical (unpaired) electrons. The molecule has 262 valence electrons. The summed E-state index contributed by atoms with van der Waals surface area (Å²) >= 11 is 0. The molecule has 0 fully saturated rings. The fraction of sp³-hybridized carbons (Fsp3) is 0. The number of hydrogen-bond donors (Lipinski definition) is 0. The second kappa shape index (κ2) is 13.1. The molecule has 0 N–H and O–H groups in total. The lowest BCUT2D eigenvalue weighted by atomic mass is 9.99. The molecule has 0 atom stereocenters. The predicted molar refractivity (Wildman–Crippen MR) is 231 cm³/mol. The Balaban J connectivity index is 1.01. The quantitative estimate of drug-likeness (QED) is 0.172. The Kier molecular flexibility index (Phi) is 7.46. The van der Waals surface area contributed by atoms with Crippen molar-refractivity contribution >= 4 is 43.7 Å². The summed E-state index contributed by atoms with van der Waals surface area (Å²) in [5.41, 5.74) is 14.6. The molecule has 0 unspecified atom stereocenters. The average Bonchev–Trinajstić information content (AvgIpc) is 3.83. The summed E-state index contributed by atoms with van der Waals surface area (Å²) in [4.78, 5) is 10.0. The van der Waals surface area contributed by atoms with E-state index in [0.717, 1.165) is 89.0 Å². The Morgan fingerprint density at radius 3 is 1.73 bits per heavy atom. The van der Waals surface area contributed by atoms with Crippen molar-refractivity contribution in [2.75, 3.05) is 0 Å². The van der Waals surface area contributed by atoms with Crippen LogP contribution in [0, 0.1) is 0 Å². The Bertz CT molecular complexity index is 3170. The van der Waals surface area contributed by atoms with E-state index in [1.807, 2.05) is 48.5 Å². The summed E-state index contributed by atoms with van der Waals surface area (Å²) in [5, 5.41) is 4.67. The van der Waals surface area contributed by atoms with E-state index in [0.29, 0.717) is 5.82 Å². The summed E-state index contributed by atoms with van der Waals surface area (Å²) in [7, 11) is 0. The van der Waals surface area contributed by atoms with Gasteiger partial charge in [0.15, 0.2) is 5.82 Å². The molecule has 0 saturated heterocycles. The first-order valence-corrected chi connectivity index (χ1v) is 18.9. The van der Waals surface area contributed by atoms with Gasteiger partial charge >= 0.3 is 0 Å². The molecule has 0 spiro atoms. The molecule has 0 saturated carbocycles. The van der Waals surface area contributed by atoms with Crippen LogP contribution in [0.3, 0.4) is 0 Å². The monoisotopic (exact) mass is 715 g/mol. The topological polar surface area (TPSA) is 43.9 Å². The van der Waals surface area contributed by atoms with E-state index in [4.69, 9.17) is 14.4 Å². The van der Waals surface area contributed by atoms with E-state index in [-0.39, 0.29) is 0 Å². The van der Waals surface area contributed by atoms with Gasteiger partial charge in [0, 0.05) is 49.4 Å². The Labute approximate surface area is 323 Å². The van der Waals surface area contributed by atoms with Gasteiger partial charge in [0.2, 0.25) is 0 Å². The van der Waals surface area contributed by atoms with Crippen molar-refractivity contribution < 1.29 is 4.42 Å². The maximum atomic E-state index is 6.52. The summed E-state index contributed by atoms with van der Waals surface area (Å²) in [6.07, 6.45) is 0. The van der Waals surface area contributed by atoms with Crippen molar-refractivity contribution in [2.24, 2.45) is 0 Å². The molecule has 3 heterocycles. The molecule has 4 nitrogen and oxygen atoms in total. The van der Waals surface area contributed by atoms with Crippen LogP contribution in [-0.2, 0) is 0 Å². The number of nitrogens with zero attached hydrogens (tertiary/aromatic N) is 3. The van der Waals surface area contributed by atoms with Gasteiger partial charge in [0.1, 0.15) is 11.2 Å². The van der Waals surface area contributed by atoms with Crippen LogP contribution >= 0.6 is 0 Å². The Morgan fingerprint density at radius 1 is 0.357 bits per heavy atom. The first kappa shape index (κ1) is 31.9. The van der Waals surface area contributed by atoms with Crippen molar-refractivity contribution in [3.8, 4) is 61.8 Å². The van der Waals surface area contributed by atoms with Crippen LogP contribution in [0.4, 0.5) is 0 Å². The van der Waals surface area contributed by atoms with Gasteiger partial charge in [-0.1, -0.05) is 164 Å². The highest BCUT2D eigenvalue weighted by atomic mass is 16.3. The smallest absolute Gasteiger partial charge is 0.160 e. The highest BCUT2D eigenvalue weighted by Crippen LogP contribution is 2.41. The maximum absolute atomic E-state index is 6.52. The zero-order valence-electron chi connectivity index (χ0n) is 30.3. The fourth-order valence-electron chi connectivity index (χ4n) is 8.17. The predicted octanol–water partition coefficient (Wildman–Crippen LogP) is 13.8. The third-order valence-corrected chi connectivity index (χ3v) is 10.9. The summed E-state index contributed by atoms with van der Waals surface area (Å²) in [6.45, 7) is 0. The lowest BCUT2D eigenvalue weighted by Gasteiger charge is -2.14. The standard InChI is InChI=1S/C52H33N3O/c1-3-14-35(15-4-1)45-33-46(54-52(53-45)37-16-5-2-6-17-37)36-28-26-34(27-29-36)38-30-31-49-44(32-38)40-19-8-11-24-48(40)55(49)47-23-10-7-18-39(47)42-21-13-22-43-41-20-9-12-25-50(41)56-51(42)43/h1-33H. The van der Waals surface area contributed by atoms with Gasteiger partial charge in [0.05, 0.1) is 28.1 Å². The van der Waals surface area contributed by atoms with Crippen molar-refractivity contribution in [2.45, 2.75) is 0 Å². The molecular formula is C52H33N3O. The van der Waals surface area contributed by atoms with Crippen molar-refractivity contribution in [1.29, 1.82) is 0 Å². The SMILES string of the molecule is c1ccc(-c2cc(-c3ccc(-c4ccc5c(c4)c4ccccc4n5-c4ccccc4-c4cccc5c4oc4ccccc45)cc3)nc(-c3ccccc3)n2)cc1. The van der Waals surface area contributed by atoms with Crippen LogP contribution in [0.2, 0.25) is 0 Å². The van der Waals surface area contributed by atoms with Gasteiger partial charge in [-0.2, -0.15) is 0 Å². The van der Waals surface area contributed by atoms with Crippen molar-refractivity contribution in [3.63, 3.8) is 0 Å². The zero-order valence-corrected chi connectivity index (χ0v) is 30.3. The largest absolute Gasteiger partial charge is 0.455 e. The van der Waals surface area contributed by atoms with E-state index in [2.05, 4.69) is 156 Å². The molecule has 11 rings (SSSR count). The second-order valence-electron chi connectivity index (χ2n) is 14.2. The fourth-order valence-corrected chi connectivity index (χ4v) is 8.17. The summed E-state index contributed by atoms with van der Waals surface area (Å²) in [6, 6.07) is 70.2. The molecule has 4 heteroatoms. The molecule has 0 amide bonds. The van der Waals surface area contributed by atoms with E-state index in [1.165, 1.54) is 10.8 Å². The van der Waals surface area contributed by atoms with Gasteiger partial charge < -0.3 is 8.98 Å². The second-order valence-corrected chi connectivity index (χ2v) is 14.2. The van der Waals surface area contributed by atoms with Gasteiger partial charge in [-0.05, 0) is 47.5 Å². The van der Waals surface area contributed by atoms with Crippen LogP contribution in [-0.4, -0.2) is 14.5 Å². The average molecular weight is 716 g/mol. The molecule has 56 heavy (non-hydrogen) atoms. The number of benzene rings is 8. The maximum Gasteiger partial charge on any atom is 0.160 e. The van der Waals surface area contributed by atoms with Crippen molar-refractivity contribution in [3.05, 3.63) is 200 Å². The molecule has 0 bridgehead atoms. The third kappa shape index (κ3) is 5.31. The van der Waals surface area contributed by atoms with E-state index in [9.17, 15) is 0 Å². The zero-order chi connectivity index (χ0) is 37.0. The molecule has 3 aromatic heterocycles. The van der Waals surface area contributed by atoms with Gasteiger partial charge in [-0.15, -0.1) is 0 Å². The van der Waals surface area contributed by atoms with Crippen LogP contribution in [0.15, 0.2) is 205 Å². The minimum atomic E-state index is 0.712. The highest BCUT2D eigenvalue weighted by molar-refractivity contribution is 6.13. The van der Waals surface area contributed by atoms with Gasteiger partial charge in [-0.25, -0.2) is 9.97 Å². The van der Waals surface area contributed by atoms with Crippen LogP contribution < -0.4 is 0 Å². The Morgan fingerprint density at radius 2 is 0.929 bits per heavy atom. The number of fused-ring (bicyclic) bond motifs is 6. The van der Waals surface area contributed by atoms with E-state index < -0.39 is 0 Å². The first-order chi connectivity index (χ1) is 27.8. The van der Waals surface area contributed by atoms with E-state index >= 15 is 0 Å². The van der Waals surface area contributed by atoms with Gasteiger partial charge in [0.25, 0.3) is 0 Å². The lowest BCUT2D eigenvalue weighted by Crippen LogP contribution is -1.97. The minimum absolute atomic E-state index is 0.712. The number of furan rings is 1. The molecular weight excluding hydrogens is 683 g/mol. The number of hydrogen-bond acceptors (Lipinski definition) is 3. The van der Waals surface area contributed by atoms with Crippen LogP contribution in [0.25, 0.3) is 106 Å². The molecule has 0 aliphatic heterocycles. The summed E-state index contributed by atoms with van der Waals surface area (Å²) in [5.74, 6) is 0.712. The molecule has 0 aliphatic carbocycles. The number of para-hydroxylation sites is 4. The molecule has 0 aliphatic rings. The molecule has 8 aromatic carbocycles. The first-order valence-electron chi connectivity index (χ1n) is 18.9. The van der Waals surface area contributed by atoms with Crippen LogP contribution in [0.5, 0.6) is 0 Å². The minimum Gasteiger partial charge on any atom is -0.455 e. The Hall–Kier alpha value is -7.56. The third-order valence-electron chi connectivity index (χ3n) is 10.9. The van der Waals surface area contributed by atoms with E-state index in [1.54, 1.807) is 0 Å². The van der Waals surface area contributed by atoms with Crippen LogP contribution in [0.1, 0.15) is 0 Å². The highest BCUT2D eigenvalue weighted by Gasteiger charge is 2.19. The molecule has 11 aromatic rings.